The first-order chi connectivity index (χ1) is 53.2. The van der Waals surface area contributed by atoms with Gasteiger partial charge in [-0.2, -0.15) is 0 Å². The van der Waals surface area contributed by atoms with E-state index in [0.717, 1.165) is 90.0 Å². The first kappa shape index (κ1) is 90.5. The zero-order chi connectivity index (χ0) is 77.5. The number of carbonyl (C=O) groups excluding carboxylic acids is 3. The van der Waals surface area contributed by atoms with E-state index >= 15 is 0 Å². The van der Waals surface area contributed by atoms with Gasteiger partial charge in [-0.1, -0.05) is 142 Å². The van der Waals surface area contributed by atoms with Crippen molar-refractivity contribution in [1.82, 2.24) is 58.8 Å². The molecule has 0 spiro atoms. The second-order valence-corrected chi connectivity index (χ2v) is 23.9. The van der Waals surface area contributed by atoms with E-state index in [-0.39, 0.29) is 128 Å². The molecular weight excluding hydrogens is 1500 g/mol. The Balaban J connectivity index is 0.000000262. The van der Waals surface area contributed by atoms with Crippen LogP contribution < -0.4 is 145 Å². The Bertz CT molecular complexity index is 5070. The van der Waals surface area contributed by atoms with Crippen molar-refractivity contribution in [3.8, 4) is 45.1 Å². The third-order valence-electron chi connectivity index (χ3n) is 16.1. The predicted molar refractivity (Wildman–Crippen MR) is 426 cm³/mol. The maximum absolute atomic E-state index is 13.7. The fourth-order valence-electron chi connectivity index (χ4n) is 10.6. The number of anilines is 5. The average molecular weight is 1590 g/mol. The number of hydrogen-bond donors (Lipinski definition) is 3. The van der Waals surface area contributed by atoms with Gasteiger partial charge in [0.15, 0.2) is 6.29 Å². The number of fused-ring (bicyclic) bond motifs is 2. The molecule has 562 valence electrons. The summed E-state index contributed by atoms with van der Waals surface area (Å²) in [6.45, 7) is 17.9. The zero-order valence-electron chi connectivity index (χ0n) is 63.7. The Morgan fingerprint density at radius 3 is 1.47 bits per heavy atom. The standard InChI is InChI=1S/C30H30N6O2.C19H12ClN3O.C11H8ClN3O.C11H19N3O.C10H12O2.CH2O3.2K.H/c1-3-35(4-2)15-16-38-25-12-13-28(33-21-25)34-29-18-27-23(19-32-29)17-26(22-9-6-5-7-10-22)30(37)36(27)24-11-8-14-31-20-24;20-18-10-17-14(11-22-18)9-16(13-5-2-1-3-6-13)19(24)23(17)15-7-4-8-21-12-15;12-11-4-10(8(7-16)5-14-11)15-9-2-1-3-13-6-9;1-3-14(4-2)7-8-15-10-5-6-11(12)13-9-10;1-2-12-10(11)8-9-6-4-3-5-7-9;2-1-4-3;;;/h5-14,17-21H,3-4,15-16H2,1-2H3,(H,32,33,34);1-12H;1-7H,(H,14,15);5-6,9H,3-4,7-8H2,1-2H3,(H2,12,13);3-7H,2,8H2,1H3;1,3H;;;/q;;;;;;2*+1;-1/p-1. The van der Waals surface area contributed by atoms with Crippen LogP contribution in [0.2, 0.25) is 10.3 Å². The summed E-state index contributed by atoms with van der Waals surface area (Å²) in [4.78, 5) is 97.9. The van der Waals surface area contributed by atoms with Gasteiger partial charge in [-0.05, 0) is 129 Å². The van der Waals surface area contributed by atoms with Crippen LogP contribution in [0, 0.1) is 0 Å². The number of carbonyl (C=O) groups is 3. The number of likely N-dealkylation sites (N-methyl/N-ethyl adjacent to an activating group) is 2. The van der Waals surface area contributed by atoms with Crippen LogP contribution in [0.25, 0.3) is 55.4 Å². The second kappa shape index (κ2) is 49.8. The molecule has 0 saturated heterocycles. The maximum Gasteiger partial charge on any atom is 1.00 e. The Labute approximate surface area is 739 Å². The van der Waals surface area contributed by atoms with Crippen molar-refractivity contribution in [3.63, 3.8) is 0 Å². The number of halogens is 2. The molecular formula is C82H83Cl2K2N15O10. The second-order valence-electron chi connectivity index (χ2n) is 23.2. The molecule has 10 heterocycles. The van der Waals surface area contributed by atoms with Crippen molar-refractivity contribution in [2.45, 2.75) is 41.0 Å². The van der Waals surface area contributed by atoms with Crippen molar-refractivity contribution in [1.29, 1.82) is 0 Å². The van der Waals surface area contributed by atoms with Crippen molar-refractivity contribution in [3.05, 3.63) is 292 Å². The van der Waals surface area contributed by atoms with E-state index in [1.807, 2.05) is 159 Å². The van der Waals surface area contributed by atoms with Crippen LogP contribution in [-0.2, 0) is 25.6 Å². The van der Waals surface area contributed by atoms with E-state index < -0.39 is 0 Å². The summed E-state index contributed by atoms with van der Waals surface area (Å²) in [5.41, 5.74) is 13.8. The normalized spacial score (nSPS) is 10.2. The Morgan fingerprint density at radius 1 is 0.532 bits per heavy atom. The maximum atomic E-state index is 13.7. The number of nitrogens with one attached hydrogen (secondary N) is 2. The first-order valence-electron chi connectivity index (χ1n) is 34.7. The van der Waals surface area contributed by atoms with Crippen LogP contribution in [-0.4, -0.2) is 137 Å². The number of rotatable bonds is 25. The number of nitrogens with two attached hydrogens (primary N) is 1. The van der Waals surface area contributed by atoms with Gasteiger partial charge in [-0.25, -0.2) is 24.9 Å². The van der Waals surface area contributed by atoms with Crippen LogP contribution >= 0.6 is 23.2 Å². The topological polar surface area (TPSA) is 315 Å². The van der Waals surface area contributed by atoms with Gasteiger partial charge in [0.05, 0.1) is 83.4 Å². The van der Waals surface area contributed by atoms with Crippen molar-refractivity contribution >= 4 is 92.6 Å². The van der Waals surface area contributed by atoms with E-state index in [2.05, 4.69) is 92.9 Å². The number of ether oxygens (including phenoxy) is 3. The Morgan fingerprint density at radius 2 is 1.01 bits per heavy atom. The Hall–Kier alpha value is -9.38. The molecule has 0 fully saturated rings. The third kappa shape index (κ3) is 29.0. The number of aromatic nitrogens is 10. The smallest absolute Gasteiger partial charge is 1.00 e. The number of nitrogen functional groups attached to an aromatic ring is 1. The average Bonchev–Trinajstić information content (AvgIpc) is 0.766. The summed E-state index contributed by atoms with van der Waals surface area (Å²) in [6.07, 6.45) is 19.3. The van der Waals surface area contributed by atoms with Gasteiger partial charge in [0.25, 0.3) is 17.6 Å². The zero-order valence-corrected chi connectivity index (χ0v) is 70.4. The summed E-state index contributed by atoms with van der Waals surface area (Å²) in [6, 6.07) is 56.0. The molecule has 0 unspecified atom stereocenters. The van der Waals surface area contributed by atoms with Crippen molar-refractivity contribution < 1.29 is 143 Å². The monoisotopic (exact) mass is 1590 g/mol. The molecule has 0 aliphatic carbocycles. The molecule has 10 aromatic heterocycles. The summed E-state index contributed by atoms with van der Waals surface area (Å²) in [7, 11) is 0. The molecule has 0 atom stereocenters. The number of esters is 1. The van der Waals surface area contributed by atoms with Crippen LogP contribution in [0.3, 0.4) is 0 Å². The van der Waals surface area contributed by atoms with E-state index in [0.29, 0.717) is 99.0 Å². The molecule has 0 radical (unpaired) electrons. The van der Waals surface area contributed by atoms with E-state index in [1.165, 1.54) is 6.20 Å². The summed E-state index contributed by atoms with van der Waals surface area (Å²) in [5.74, 6) is 3.05. The number of aldehydes is 1. The largest absolute Gasteiger partial charge is 1.00 e. The van der Waals surface area contributed by atoms with Gasteiger partial charge in [-0.15, -0.1) is 0 Å². The molecule has 0 amide bonds. The van der Waals surface area contributed by atoms with Crippen LogP contribution in [0.15, 0.2) is 260 Å². The first-order valence-corrected chi connectivity index (χ1v) is 35.5. The van der Waals surface area contributed by atoms with Gasteiger partial charge in [-0.3, -0.25) is 48.1 Å². The fourth-order valence-corrected chi connectivity index (χ4v) is 10.9. The van der Waals surface area contributed by atoms with E-state index in [1.54, 1.807) is 101 Å². The summed E-state index contributed by atoms with van der Waals surface area (Å²) in [5, 5.41) is 17.1. The van der Waals surface area contributed by atoms with Crippen LogP contribution in [0.5, 0.6) is 11.5 Å². The SMILES string of the molecule is CCN(CC)CCOc1ccc(N)nc1.CCN(CC)CCOc1ccc(Nc2cc3c(cn2)cc(-c2ccccc2)c(=O)n3-c2cccnc2)nc1.CCOC(=O)Cc1ccccc1.O=CO[O-].O=Cc1cnc(Cl)cc1Nc1cccnc1.O=c1c(-c2ccccc2)cc2cnc(Cl)cc2n1-c1cccnc1.[H-].[K+].[K+]. The molecule has 0 aliphatic heterocycles. The van der Waals surface area contributed by atoms with Gasteiger partial charge in [0.1, 0.15) is 52.5 Å². The molecule has 25 nitrogen and oxygen atoms in total. The predicted octanol–water partition coefficient (Wildman–Crippen LogP) is 7.83. The number of nitrogens with zero attached hydrogens (tertiary/aromatic N) is 12. The molecule has 3 aromatic carbocycles. The van der Waals surface area contributed by atoms with E-state index in [9.17, 15) is 19.2 Å². The third-order valence-corrected chi connectivity index (χ3v) is 16.5. The van der Waals surface area contributed by atoms with Gasteiger partial charge < -0.3 is 51.9 Å². The minimum atomic E-state index is -0.181. The van der Waals surface area contributed by atoms with Crippen molar-refractivity contribution in [2.24, 2.45) is 0 Å². The van der Waals surface area contributed by atoms with Crippen molar-refractivity contribution in [2.75, 3.05) is 75.5 Å². The molecule has 0 saturated carbocycles. The van der Waals surface area contributed by atoms with Crippen LogP contribution in [0.1, 0.15) is 52.0 Å². The molecule has 0 aliphatic rings. The quantitative estimate of drug-likeness (QED) is 0.0123. The molecule has 111 heavy (non-hydrogen) atoms. The minimum absolute atomic E-state index is 0. The van der Waals surface area contributed by atoms with Crippen LogP contribution in [0.4, 0.5) is 28.8 Å². The van der Waals surface area contributed by atoms with Gasteiger partial charge in [0.2, 0.25) is 0 Å². The molecule has 13 rings (SSSR count). The molecule has 4 N–H and O–H groups in total. The number of hydrogen-bond acceptors (Lipinski definition) is 23. The number of benzene rings is 3. The number of pyridine rings is 10. The molecule has 13 aromatic rings. The summed E-state index contributed by atoms with van der Waals surface area (Å²) >= 11 is 11.8. The molecule has 29 heteroatoms. The fraction of sp³-hybridized carbons (Fsp3) is 0.183. The molecule has 0 bridgehead atoms. The van der Waals surface area contributed by atoms with Gasteiger partial charge in [0, 0.05) is 84.3 Å². The minimum Gasteiger partial charge on any atom is -1.00 e. The van der Waals surface area contributed by atoms with Gasteiger partial charge >= 0.3 is 109 Å². The van der Waals surface area contributed by atoms with E-state index in [4.69, 9.17) is 53.2 Å². The summed E-state index contributed by atoms with van der Waals surface area (Å²) < 4.78 is 19.5. The Kier molecular flexibility index (Phi) is 40.6.